The maximum atomic E-state index is 14.7. The molecule has 0 saturated heterocycles. The Balaban J connectivity index is 1.25. The molecule has 9 aromatic carbocycles. The zero-order chi connectivity index (χ0) is 57.2. The lowest BCUT2D eigenvalue weighted by Gasteiger charge is -2.27. The largest absolute Gasteiger partial charge is 0.496 e. The molecule has 80 heavy (non-hydrogen) atoms. The highest BCUT2D eigenvalue weighted by molar-refractivity contribution is 6.18. The number of rotatable bonds is 14. The molecular formula is C70H70N4O6. The van der Waals surface area contributed by atoms with Crippen molar-refractivity contribution in [3.8, 4) is 56.0 Å². The standard InChI is InChI=1S/C70H70N4O6/c1-41-37-49(65(75)71-43(3)45-23-15-13-16-24-45)38-42(2)59(41)55-33-21-29-47-27-19-31-51(60(47)55)53-35-36-54(64(74-68(78)70(8,9)10)63(53)73-67(77)69(5,6)7)52-32-20-28-48-30-22-34-56(61(48)52)62-57(79-11)39-50(40-58(62)80-12)66(76)72-44(4)46-25-17-14-18-26-46/h13-40,43-44H,1-12H3,(H,71,75)(H,72,76)(H,73,77)(H,74,78). The van der Waals surface area contributed by atoms with Gasteiger partial charge in [0.2, 0.25) is 11.8 Å². The van der Waals surface area contributed by atoms with Crippen molar-refractivity contribution in [2.45, 2.75) is 81.3 Å². The Hall–Kier alpha value is -9.02. The SMILES string of the molecule is COc1cc(C(=O)NC(C)c2ccccc2)cc(OC)c1-c1cccc2cccc(-c3ccc(-c4cccc5cccc(-c6c(C)cc(C(=O)NC(C)c7ccccc7)cc6C)c45)c(NC(=O)C(C)(C)C)c3NC(=O)C(C)(C)C)c12. The van der Waals surface area contributed by atoms with Gasteiger partial charge in [-0.15, -0.1) is 0 Å². The summed E-state index contributed by atoms with van der Waals surface area (Å²) in [7, 11) is 3.15. The van der Waals surface area contributed by atoms with Crippen molar-refractivity contribution in [1.82, 2.24) is 10.6 Å². The summed E-state index contributed by atoms with van der Waals surface area (Å²) in [6, 6.07) is 55.0. The van der Waals surface area contributed by atoms with Crippen LogP contribution in [0.5, 0.6) is 11.5 Å². The summed E-state index contributed by atoms with van der Waals surface area (Å²) < 4.78 is 12.3. The van der Waals surface area contributed by atoms with Gasteiger partial charge in [0.15, 0.2) is 0 Å². The molecule has 0 aliphatic rings. The lowest BCUT2D eigenvalue weighted by Crippen LogP contribution is -2.31. The smallest absolute Gasteiger partial charge is 0.252 e. The van der Waals surface area contributed by atoms with Crippen LogP contribution >= 0.6 is 0 Å². The molecule has 0 spiro atoms. The van der Waals surface area contributed by atoms with Crippen LogP contribution in [-0.2, 0) is 9.59 Å². The van der Waals surface area contributed by atoms with Gasteiger partial charge in [0.05, 0.1) is 43.2 Å². The van der Waals surface area contributed by atoms with Crippen LogP contribution < -0.4 is 30.7 Å². The first-order valence-corrected chi connectivity index (χ1v) is 27.1. The molecule has 406 valence electrons. The summed E-state index contributed by atoms with van der Waals surface area (Å²) in [4.78, 5) is 57.1. The van der Waals surface area contributed by atoms with E-state index in [9.17, 15) is 19.2 Å². The number of aryl methyl sites for hydroxylation is 2. The van der Waals surface area contributed by atoms with E-state index in [2.05, 4.69) is 45.5 Å². The van der Waals surface area contributed by atoms with Crippen molar-refractivity contribution in [3.63, 3.8) is 0 Å². The van der Waals surface area contributed by atoms with Crippen LogP contribution in [0.3, 0.4) is 0 Å². The van der Waals surface area contributed by atoms with E-state index in [1.165, 1.54) is 0 Å². The highest BCUT2D eigenvalue weighted by Gasteiger charge is 2.31. The van der Waals surface area contributed by atoms with E-state index in [4.69, 9.17) is 9.47 Å². The van der Waals surface area contributed by atoms with Gasteiger partial charge in [-0.3, -0.25) is 19.2 Å². The van der Waals surface area contributed by atoms with Gasteiger partial charge < -0.3 is 30.7 Å². The number of fused-ring (bicyclic) bond motifs is 2. The number of amides is 4. The fourth-order valence-electron chi connectivity index (χ4n) is 10.5. The van der Waals surface area contributed by atoms with E-state index in [1.807, 2.05) is 203 Å². The molecule has 4 N–H and O–H groups in total. The van der Waals surface area contributed by atoms with Gasteiger partial charge in [-0.05, 0) is 124 Å². The molecule has 0 aromatic heterocycles. The Labute approximate surface area is 470 Å². The number of benzene rings is 9. The number of hydrogen-bond acceptors (Lipinski definition) is 6. The van der Waals surface area contributed by atoms with E-state index in [1.54, 1.807) is 26.4 Å². The minimum absolute atomic E-state index is 0.162. The fourth-order valence-corrected chi connectivity index (χ4v) is 10.5. The quantitative estimate of drug-likeness (QED) is 0.0857. The predicted molar refractivity (Wildman–Crippen MR) is 327 cm³/mol. The lowest BCUT2D eigenvalue weighted by atomic mass is 9.85. The van der Waals surface area contributed by atoms with Gasteiger partial charge in [-0.1, -0.05) is 187 Å². The second kappa shape index (κ2) is 22.8. The van der Waals surface area contributed by atoms with Gasteiger partial charge in [0.25, 0.3) is 11.8 Å². The van der Waals surface area contributed by atoms with Gasteiger partial charge in [0, 0.05) is 33.1 Å². The second-order valence-corrected chi connectivity index (χ2v) is 22.7. The van der Waals surface area contributed by atoms with Gasteiger partial charge in [-0.2, -0.15) is 0 Å². The van der Waals surface area contributed by atoms with Crippen LogP contribution in [0, 0.1) is 24.7 Å². The maximum Gasteiger partial charge on any atom is 0.252 e. The second-order valence-electron chi connectivity index (χ2n) is 22.7. The Morgan fingerprint density at radius 1 is 0.412 bits per heavy atom. The lowest BCUT2D eigenvalue weighted by molar-refractivity contribution is -0.124. The molecule has 0 fully saturated rings. The van der Waals surface area contributed by atoms with E-state index >= 15 is 0 Å². The van der Waals surface area contributed by atoms with E-state index in [0.29, 0.717) is 50.7 Å². The van der Waals surface area contributed by atoms with Crippen LogP contribution in [0.2, 0.25) is 0 Å². The molecule has 0 heterocycles. The first kappa shape index (κ1) is 55.7. The molecule has 0 aliphatic heterocycles. The van der Waals surface area contributed by atoms with Gasteiger partial charge >= 0.3 is 0 Å². The molecule has 0 aliphatic carbocycles. The molecule has 10 heteroatoms. The van der Waals surface area contributed by atoms with Gasteiger partial charge in [-0.25, -0.2) is 0 Å². The van der Waals surface area contributed by atoms with Crippen LogP contribution in [0.15, 0.2) is 170 Å². The highest BCUT2D eigenvalue weighted by atomic mass is 16.5. The monoisotopic (exact) mass is 1060 g/mol. The first-order chi connectivity index (χ1) is 38.2. The fraction of sp³-hybridized carbons (Fsp3) is 0.229. The number of anilines is 2. The number of hydrogen-bond donors (Lipinski definition) is 4. The summed E-state index contributed by atoms with van der Waals surface area (Å²) in [5, 5.41) is 16.6. The average Bonchev–Trinajstić information content (AvgIpc) is 3.61. The molecule has 2 atom stereocenters. The van der Waals surface area contributed by atoms with E-state index in [-0.39, 0.29) is 35.7 Å². The molecule has 9 rings (SSSR count). The molecule has 0 saturated carbocycles. The van der Waals surface area contributed by atoms with Crippen molar-refractivity contribution in [1.29, 1.82) is 0 Å². The third-order valence-corrected chi connectivity index (χ3v) is 14.8. The summed E-state index contributed by atoms with van der Waals surface area (Å²) >= 11 is 0. The third-order valence-electron chi connectivity index (χ3n) is 14.8. The number of carbonyl (C=O) groups excluding carboxylic acids is 4. The molecule has 0 radical (unpaired) electrons. The van der Waals surface area contributed by atoms with E-state index < -0.39 is 10.8 Å². The van der Waals surface area contributed by atoms with Crippen LogP contribution in [-0.4, -0.2) is 37.8 Å². The highest BCUT2D eigenvalue weighted by Crippen LogP contribution is 2.51. The van der Waals surface area contributed by atoms with Crippen molar-refractivity contribution < 1.29 is 28.7 Å². The first-order valence-electron chi connectivity index (χ1n) is 27.1. The minimum Gasteiger partial charge on any atom is -0.496 e. The normalized spacial score (nSPS) is 12.3. The van der Waals surface area contributed by atoms with Crippen LogP contribution in [0.25, 0.3) is 66.1 Å². The Morgan fingerprint density at radius 2 is 0.762 bits per heavy atom. The van der Waals surface area contributed by atoms with Crippen LogP contribution in [0.1, 0.15) is 110 Å². The molecule has 0 bridgehead atoms. The number of ether oxygens (including phenoxy) is 2. The molecular weight excluding hydrogens is 993 g/mol. The van der Waals surface area contributed by atoms with Crippen molar-refractivity contribution in [2.24, 2.45) is 10.8 Å². The summed E-state index contributed by atoms with van der Waals surface area (Å²) in [5.41, 5.74) is 10.2. The summed E-state index contributed by atoms with van der Waals surface area (Å²) in [6.07, 6.45) is 0. The summed E-state index contributed by atoms with van der Waals surface area (Å²) in [5.74, 6) is -0.111. The zero-order valence-corrected chi connectivity index (χ0v) is 47.8. The van der Waals surface area contributed by atoms with Crippen molar-refractivity contribution in [3.05, 3.63) is 203 Å². The number of carbonyl (C=O) groups is 4. The van der Waals surface area contributed by atoms with Crippen molar-refractivity contribution >= 4 is 56.5 Å². The molecule has 2 unspecified atom stereocenters. The third kappa shape index (κ3) is 11.3. The predicted octanol–water partition coefficient (Wildman–Crippen LogP) is 16.2. The zero-order valence-electron chi connectivity index (χ0n) is 47.8. The molecule has 4 amide bonds. The Kier molecular flexibility index (Phi) is 15.8. The van der Waals surface area contributed by atoms with Gasteiger partial charge in [0.1, 0.15) is 11.5 Å². The van der Waals surface area contributed by atoms with Crippen molar-refractivity contribution in [2.75, 3.05) is 24.9 Å². The number of methoxy groups -OCH3 is 2. The Bertz CT molecular complexity index is 3790. The maximum absolute atomic E-state index is 14.7. The summed E-state index contributed by atoms with van der Waals surface area (Å²) in [6.45, 7) is 19.2. The Morgan fingerprint density at radius 3 is 1.12 bits per heavy atom. The number of nitrogens with one attached hydrogen (secondary N) is 4. The topological polar surface area (TPSA) is 135 Å². The average molecular weight is 1060 g/mol. The minimum atomic E-state index is -0.847. The van der Waals surface area contributed by atoms with Crippen LogP contribution in [0.4, 0.5) is 11.4 Å². The molecule has 9 aromatic rings. The van der Waals surface area contributed by atoms with E-state index in [0.717, 1.165) is 71.6 Å². The molecule has 10 nitrogen and oxygen atoms in total.